The predicted octanol–water partition coefficient (Wildman–Crippen LogP) is 2.49. The van der Waals surface area contributed by atoms with Gasteiger partial charge < -0.3 is 10.5 Å². The number of aromatic nitrogens is 2. The summed E-state index contributed by atoms with van der Waals surface area (Å²) in [4.78, 5) is 7.01. The normalized spacial score (nSPS) is 12.8. The Bertz CT molecular complexity index is 431. The fraction of sp³-hybridized carbons (Fsp3) is 0.556. The molecule has 0 spiro atoms. The Hall–Kier alpha value is -1.74. The van der Waals surface area contributed by atoms with E-state index in [0.29, 0.717) is 6.07 Å². The second-order valence-electron chi connectivity index (χ2n) is 3.48. The molecular formula is C9H9F6N3O. The molecule has 2 N–H and O–H groups in total. The van der Waals surface area contributed by atoms with Gasteiger partial charge in [0.15, 0.2) is 0 Å². The topological polar surface area (TPSA) is 61.0 Å². The van der Waals surface area contributed by atoms with Crippen LogP contribution in [0.5, 0.6) is 5.88 Å². The first-order chi connectivity index (χ1) is 8.54. The number of anilines is 1. The minimum atomic E-state index is -5.61. The van der Waals surface area contributed by atoms with Crippen LogP contribution in [-0.4, -0.2) is 28.4 Å². The highest BCUT2D eigenvalue weighted by Gasteiger charge is 2.59. The van der Waals surface area contributed by atoms with Crippen molar-refractivity contribution in [3.8, 4) is 5.88 Å². The molecule has 4 nitrogen and oxygen atoms in total. The number of hydrogen-bond donors (Lipinski definition) is 1. The zero-order chi connectivity index (χ0) is 14.8. The number of aryl methyl sites for hydroxylation is 1. The van der Waals surface area contributed by atoms with E-state index >= 15 is 0 Å². The molecule has 0 saturated carbocycles. The summed E-state index contributed by atoms with van der Waals surface area (Å²) >= 11 is 0. The minimum absolute atomic E-state index is 0.0156. The van der Waals surface area contributed by atoms with Gasteiger partial charge in [0.1, 0.15) is 11.6 Å². The van der Waals surface area contributed by atoms with Crippen molar-refractivity contribution in [3.05, 3.63) is 11.9 Å². The van der Waals surface area contributed by atoms with E-state index in [1.54, 1.807) is 6.92 Å². The lowest BCUT2D eigenvalue weighted by molar-refractivity contribution is -0.300. The largest absolute Gasteiger partial charge is 0.455 e. The molecule has 10 heteroatoms. The highest BCUT2D eigenvalue weighted by Crippen LogP contribution is 2.36. The van der Waals surface area contributed by atoms with Gasteiger partial charge in [0.25, 0.3) is 6.10 Å². The summed E-state index contributed by atoms with van der Waals surface area (Å²) in [6.45, 7) is 1.56. The summed E-state index contributed by atoms with van der Waals surface area (Å²) in [6, 6.07) is 0.698. The van der Waals surface area contributed by atoms with Gasteiger partial charge in [0.2, 0.25) is 5.88 Å². The fourth-order valence-electron chi connectivity index (χ4n) is 1.15. The number of alkyl halides is 6. The van der Waals surface area contributed by atoms with Crippen LogP contribution in [-0.2, 0) is 6.42 Å². The molecular weight excluding hydrogens is 280 g/mol. The van der Waals surface area contributed by atoms with E-state index < -0.39 is 24.3 Å². The van der Waals surface area contributed by atoms with Crippen molar-refractivity contribution in [1.29, 1.82) is 0 Å². The quantitative estimate of drug-likeness (QED) is 0.868. The molecule has 1 aromatic heterocycles. The van der Waals surface area contributed by atoms with E-state index in [1.165, 1.54) is 0 Å². The van der Waals surface area contributed by atoms with Gasteiger partial charge in [-0.2, -0.15) is 31.3 Å². The van der Waals surface area contributed by atoms with Gasteiger partial charge >= 0.3 is 12.4 Å². The number of ether oxygens (including phenoxy) is 1. The Morgan fingerprint density at radius 2 is 1.68 bits per heavy atom. The number of hydrogen-bond acceptors (Lipinski definition) is 4. The third kappa shape index (κ3) is 4.14. The van der Waals surface area contributed by atoms with Crippen molar-refractivity contribution in [1.82, 2.24) is 9.97 Å². The maximum Gasteiger partial charge on any atom is 0.434 e. The number of nitrogens with two attached hydrogens (primary N) is 1. The summed E-state index contributed by atoms with van der Waals surface area (Å²) in [5.74, 6) is -1.16. The van der Waals surface area contributed by atoms with E-state index in [4.69, 9.17) is 5.73 Å². The lowest BCUT2D eigenvalue weighted by Gasteiger charge is -2.23. The monoisotopic (exact) mass is 289 g/mol. The van der Waals surface area contributed by atoms with Gasteiger partial charge in [-0.05, 0) is 0 Å². The minimum Gasteiger partial charge on any atom is -0.455 e. The maximum atomic E-state index is 12.3. The zero-order valence-corrected chi connectivity index (χ0v) is 9.51. The van der Waals surface area contributed by atoms with Gasteiger partial charge in [-0.1, -0.05) is 6.92 Å². The maximum absolute atomic E-state index is 12.3. The van der Waals surface area contributed by atoms with Crippen LogP contribution in [0.2, 0.25) is 0 Å². The molecule has 0 aliphatic rings. The van der Waals surface area contributed by atoms with Crippen molar-refractivity contribution in [2.75, 3.05) is 5.73 Å². The Balaban J connectivity index is 3.07. The van der Waals surface area contributed by atoms with E-state index in [2.05, 4.69) is 14.7 Å². The molecule has 0 unspecified atom stereocenters. The molecule has 0 atom stereocenters. The van der Waals surface area contributed by atoms with Crippen LogP contribution in [0.4, 0.5) is 32.2 Å². The lowest BCUT2D eigenvalue weighted by Crippen LogP contribution is -2.46. The average molecular weight is 289 g/mol. The summed E-state index contributed by atoms with van der Waals surface area (Å²) in [5.41, 5.74) is 5.24. The standard InChI is InChI=1S/C9H9F6N3O/c1-2-5-17-4(16)3-6(18-5)19-7(8(10,11)12)9(13,14)15/h3,7H,2H2,1H3,(H2,16,17,18). The Labute approximate surface area is 103 Å². The molecule has 0 amide bonds. The van der Waals surface area contributed by atoms with E-state index in [1.807, 2.05) is 0 Å². The SMILES string of the molecule is CCc1nc(N)cc(OC(C(F)(F)F)C(F)(F)F)n1. The van der Waals surface area contributed by atoms with Gasteiger partial charge in [0, 0.05) is 12.5 Å². The van der Waals surface area contributed by atoms with Crippen LogP contribution in [0.3, 0.4) is 0 Å². The summed E-state index contributed by atoms with van der Waals surface area (Å²) in [7, 11) is 0. The van der Waals surface area contributed by atoms with E-state index in [0.717, 1.165) is 0 Å². The van der Waals surface area contributed by atoms with Crippen molar-refractivity contribution in [2.24, 2.45) is 0 Å². The first-order valence-electron chi connectivity index (χ1n) is 4.97. The lowest BCUT2D eigenvalue weighted by atomic mass is 10.3. The number of halogens is 6. The molecule has 1 aromatic rings. The molecule has 1 heterocycles. The fourth-order valence-corrected chi connectivity index (χ4v) is 1.15. The van der Waals surface area contributed by atoms with Crippen molar-refractivity contribution < 1.29 is 31.1 Å². The predicted molar refractivity (Wildman–Crippen MR) is 52.3 cm³/mol. The second kappa shape index (κ2) is 5.10. The first-order valence-corrected chi connectivity index (χ1v) is 4.97. The smallest absolute Gasteiger partial charge is 0.434 e. The number of nitrogen functional groups attached to an aromatic ring is 1. The molecule has 0 aliphatic carbocycles. The van der Waals surface area contributed by atoms with E-state index in [9.17, 15) is 26.3 Å². The third-order valence-electron chi connectivity index (χ3n) is 1.92. The van der Waals surface area contributed by atoms with Crippen LogP contribution in [0, 0.1) is 0 Å². The zero-order valence-electron chi connectivity index (χ0n) is 9.51. The summed E-state index contributed by atoms with van der Waals surface area (Å²) in [6.07, 6.45) is -15.0. The molecule has 0 aromatic carbocycles. The van der Waals surface area contributed by atoms with Crippen LogP contribution in [0.15, 0.2) is 6.07 Å². The molecule has 0 saturated heterocycles. The van der Waals surface area contributed by atoms with Gasteiger partial charge in [-0.3, -0.25) is 0 Å². The summed E-state index contributed by atoms with van der Waals surface area (Å²) in [5, 5.41) is 0. The van der Waals surface area contributed by atoms with Gasteiger partial charge in [-0.25, -0.2) is 4.98 Å². The van der Waals surface area contributed by atoms with Crippen molar-refractivity contribution >= 4 is 5.82 Å². The Morgan fingerprint density at radius 3 is 2.11 bits per heavy atom. The number of nitrogens with zero attached hydrogens (tertiary/aromatic N) is 2. The highest BCUT2D eigenvalue weighted by molar-refractivity contribution is 5.33. The van der Waals surface area contributed by atoms with E-state index in [-0.39, 0.29) is 18.1 Å². The van der Waals surface area contributed by atoms with Crippen molar-refractivity contribution in [3.63, 3.8) is 0 Å². The highest BCUT2D eigenvalue weighted by atomic mass is 19.4. The molecule has 108 valence electrons. The molecule has 0 bridgehead atoms. The molecule has 0 radical (unpaired) electrons. The molecule has 0 aliphatic heterocycles. The van der Waals surface area contributed by atoms with Gasteiger partial charge in [0.05, 0.1) is 0 Å². The van der Waals surface area contributed by atoms with Crippen LogP contribution < -0.4 is 10.5 Å². The Morgan fingerprint density at radius 1 is 1.16 bits per heavy atom. The summed E-state index contributed by atoms with van der Waals surface area (Å²) < 4.78 is 77.5. The van der Waals surface area contributed by atoms with Gasteiger partial charge in [-0.15, -0.1) is 0 Å². The van der Waals surface area contributed by atoms with Crippen LogP contribution >= 0.6 is 0 Å². The third-order valence-corrected chi connectivity index (χ3v) is 1.92. The second-order valence-corrected chi connectivity index (χ2v) is 3.48. The molecule has 0 fully saturated rings. The van der Waals surface area contributed by atoms with Crippen molar-refractivity contribution in [2.45, 2.75) is 31.8 Å². The first kappa shape index (κ1) is 15.3. The number of rotatable bonds is 3. The molecule has 19 heavy (non-hydrogen) atoms. The molecule has 1 rings (SSSR count). The van der Waals surface area contributed by atoms with Crippen LogP contribution in [0.25, 0.3) is 0 Å². The Kier molecular flexibility index (Phi) is 4.11. The average Bonchev–Trinajstić information content (AvgIpc) is 2.22. The van der Waals surface area contributed by atoms with Crippen LogP contribution in [0.1, 0.15) is 12.7 Å².